The minimum absolute atomic E-state index is 0.0116. The van der Waals surface area contributed by atoms with Crippen LogP contribution in [0.3, 0.4) is 0 Å². The lowest BCUT2D eigenvalue weighted by molar-refractivity contribution is 0.0237. The summed E-state index contributed by atoms with van der Waals surface area (Å²) in [5, 5.41) is 9.13. The van der Waals surface area contributed by atoms with E-state index in [1.807, 2.05) is 36.4 Å². The zero-order valence-electron chi connectivity index (χ0n) is 18.0. The molecule has 32 heavy (non-hydrogen) atoms. The minimum atomic E-state index is -1.55. The number of likely N-dealkylation sites (tertiary alicyclic amines) is 1. The molecule has 1 heterocycles. The van der Waals surface area contributed by atoms with Crippen molar-refractivity contribution in [3.8, 4) is 0 Å². The summed E-state index contributed by atoms with van der Waals surface area (Å²) in [6.07, 6.45) is 0.334. The Morgan fingerprint density at radius 3 is 2.12 bits per heavy atom. The molecule has 1 N–H and O–H groups in total. The lowest BCUT2D eigenvalue weighted by Crippen LogP contribution is -2.50. The lowest BCUT2D eigenvalue weighted by Gasteiger charge is -2.46. The van der Waals surface area contributed by atoms with Crippen molar-refractivity contribution in [1.29, 1.82) is 0 Å². The van der Waals surface area contributed by atoms with Gasteiger partial charge in [0.05, 0.1) is 11.6 Å². The van der Waals surface area contributed by atoms with E-state index in [2.05, 4.69) is 29.2 Å². The first-order valence-electron chi connectivity index (χ1n) is 10.9. The van der Waals surface area contributed by atoms with Crippen LogP contribution in [0, 0.1) is 11.7 Å². The fourth-order valence-electron chi connectivity index (χ4n) is 4.81. The molecule has 0 saturated carbocycles. The number of alkyl halides is 1. The van der Waals surface area contributed by atoms with E-state index in [1.165, 1.54) is 30.2 Å². The number of carboxylic acids is 1. The van der Waals surface area contributed by atoms with Crippen LogP contribution in [0.1, 0.15) is 46.4 Å². The number of aromatic carboxylic acids is 1. The molecule has 0 spiro atoms. The molecule has 1 aliphatic rings. The maximum absolute atomic E-state index is 15.4. The topological polar surface area (TPSA) is 40.5 Å². The molecule has 0 amide bonds. The van der Waals surface area contributed by atoms with Crippen molar-refractivity contribution in [2.75, 3.05) is 13.1 Å². The molecule has 0 radical (unpaired) electrons. The second-order valence-corrected chi connectivity index (χ2v) is 8.99. The Morgan fingerprint density at radius 1 is 1.03 bits per heavy atom. The molecule has 1 atom stereocenters. The highest BCUT2D eigenvalue weighted by Crippen LogP contribution is 2.38. The van der Waals surface area contributed by atoms with Gasteiger partial charge in [-0.1, -0.05) is 60.7 Å². The van der Waals surface area contributed by atoms with Crippen LogP contribution >= 0.6 is 0 Å². The van der Waals surface area contributed by atoms with Crippen molar-refractivity contribution in [3.05, 3.63) is 107 Å². The first-order valence-corrected chi connectivity index (χ1v) is 10.9. The van der Waals surface area contributed by atoms with E-state index in [0.717, 1.165) is 19.2 Å². The van der Waals surface area contributed by atoms with Crippen molar-refractivity contribution >= 4 is 5.97 Å². The van der Waals surface area contributed by atoms with Gasteiger partial charge in [0.2, 0.25) is 0 Å². The molecule has 3 aromatic rings. The highest BCUT2D eigenvalue weighted by Gasteiger charge is 2.38. The predicted octanol–water partition coefficient (Wildman–Crippen LogP) is 5.91. The summed E-state index contributed by atoms with van der Waals surface area (Å²) < 4.78 is 29.2. The SMILES string of the molecule is CC(F)(Cc1cc(F)cc(C(=O)O)c1)CC1CN(C(c2ccccc2)c2ccccc2)C1. The largest absolute Gasteiger partial charge is 0.478 e. The lowest BCUT2D eigenvalue weighted by atomic mass is 9.82. The van der Waals surface area contributed by atoms with E-state index in [-0.39, 0.29) is 23.9 Å². The van der Waals surface area contributed by atoms with Crippen LogP contribution in [0.5, 0.6) is 0 Å². The number of hydrogen-bond acceptors (Lipinski definition) is 2. The molecule has 3 nitrogen and oxygen atoms in total. The summed E-state index contributed by atoms with van der Waals surface area (Å²) in [5.74, 6) is -1.68. The van der Waals surface area contributed by atoms with Crippen molar-refractivity contribution in [3.63, 3.8) is 0 Å². The van der Waals surface area contributed by atoms with Gasteiger partial charge in [0, 0.05) is 19.5 Å². The normalized spacial score (nSPS) is 16.5. The second kappa shape index (κ2) is 9.21. The van der Waals surface area contributed by atoms with Gasteiger partial charge < -0.3 is 5.11 Å². The molecular weight excluding hydrogens is 408 g/mol. The maximum Gasteiger partial charge on any atom is 0.335 e. The third-order valence-electron chi connectivity index (χ3n) is 6.07. The van der Waals surface area contributed by atoms with Crippen LogP contribution < -0.4 is 0 Å². The molecule has 0 aliphatic carbocycles. The first kappa shape index (κ1) is 22.2. The van der Waals surface area contributed by atoms with E-state index in [1.54, 1.807) is 0 Å². The summed E-state index contributed by atoms with van der Waals surface area (Å²) >= 11 is 0. The average Bonchev–Trinajstić information content (AvgIpc) is 2.73. The van der Waals surface area contributed by atoms with Crippen molar-refractivity contribution < 1.29 is 18.7 Å². The van der Waals surface area contributed by atoms with E-state index in [0.29, 0.717) is 12.0 Å². The molecule has 1 fully saturated rings. The Labute approximate surface area is 187 Å². The van der Waals surface area contributed by atoms with Crippen molar-refractivity contribution in [1.82, 2.24) is 4.90 Å². The number of halogens is 2. The van der Waals surface area contributed by atoms with Crippen molar-refractivity contribution in [2.45, 2.75) is 31.5 Å². The molecule has 5 heteroatoms. The number of hydrogen-bond donors (Lipinski definition) is 1. The molecule has 3 aromatic carbocycles. The predicted molar refractivity (Wildman–Crippen MR) is 121 cm³/mol. The Balaban J connectivity index is 1.43. The van der Waals surface area contributed by atoms with Gasteiger partial charge in [-0.15, -0.1) is 0 Å². The molecule has 1 aliphatic heterocycles. The summed E-state index contributed by atoms with van der Waals surface area (Å²) in [6, 6.07) is 24.3. The number of rotatable bonds is 8. The maximum atomic E-state index is 15.4. The summed E-state index contributed by atoms with van der Waals surface area (Å²) in [4.78, 5) is 13.5. The number of carboxylic acid groups (broad SMARTS) is 1. The third-order valence-corrected chi connectivity index (χ3v) is 6.07. The van der Waals surface area contributed by atoms with E-state index in [4.69, 9.17) is 5.11 Å². The molecule has 166 valence electrons. The van der Waals surface area contributed by atoms with E-state index >= 15 is 4.39 Å². The third kappa shape index (κ3) is 5.22. The second-order valence-electron chi connectivity index (χ2n) is 8.99. The van der Waals surface area contributed by atoms with Crippen LogP contribution in [0.4, 0.5) is 8.78 Å². The summed E-state index contributed by atoms with van der Waals surface area (Å²) in [6.45, 7) is 3.07. The molecule has 1 saturated heterocycles. The molecule has 0 bridgehead atoms. The monoisotopic (exact) mass is 435 g/mol. The smallest absolute Gasteiger partial charge is 0.335 e. The summed E-state index contributed by atoms with van der Waals surface area (Å²) in [5.41, 5.74) is 1.09. The molecule has 4 rings (SSSR count). The van der Waals surface area contributed by atoms with Crippen LogP contribution in [0.25, 0.3) is 0 Å². The van der Waals surface area contributed by atoms with Gasteiger partial charge >= 0.3 is 5.97 Å². The number of benzene rings is 3. The highest BCUT2D eigenvalue weighted by atomic mass is 19.1. The van der Waals surface area contributed by atoms with Crippen LogP contribution in [0.15, 0.2) is 78.9 Å². The van der Waals surface area contributed by atoms with Gasteiger partial charge in [-0.05, 0) is 54.2 Å². The van der Waals surface area contributed by atoms with Crippen LogP contribution in [-0.2, 0) is 6.42 Å². The highest BCUT2D eigenvalue weighted by molar-refractivity contribution is 5.87. The van der Waals surface area contributed by atoms with Gasteiger partial charge in [-0.25, -0.2) is 13.6 Å². The molecular formula is C27H27F2NO2. The Bertz CT molecular complexity index is 1020. The van der Waals surface area contributed by atoms with Gasteiger partial charge in [0.1, 0.15) is 11.5 Å². The van der Waals surface area contributed by atoms with Gasteiger partial charge in [-0.2, -0.15) is 0 Å². The quantitative estimate of drug-likeness (QED) is 0.478. The van der Waals surface area contributed by atoms with E-state index < -0.39 is 17.5 Å². The number of carbonyl (C=O) groups is 1. The van der Waals surface area contributed by atoms with Crippen molar-refractivity contribution in [2.24, 2.45) is 5.92 Å². The summed E-state index contributed by atoms with van der Waals surface area (Å²) in [7, 11) is 0. The zero-order chi connectivity index (χ0) is 22.7. The fourth-order valence-corrected chi connectivity index (χ4v) is 4.81. The van der Waals surface area contributed by atoms with Gasteiger partial charge in [-0.3, -0.25) is 4.90 Å². The van der Waals surface area contributed by atoms with Crippen LogP contribution in [-0.4, -0.2) is 34.7 Å². The first-order chi connectivity index (χ1) is 15.3. The van der Waals surface area contributed by atoms with Gasteiger partial charge in [0.25, 0.3) is 0 Å². The molecule has 0 aromatic heterocycles. The Morgan fingerprint density at radius 2 is 1.59 bits per heavy atom. The minimum Gasteiger partial charge on any atom is -0.478 e. The average molecular weight is 436 g/mol. The number of nitrogens with zero attached hydrogens (tertiary/aromatic N) is 1. The Hall–Kier alpha value is -3.05. The van der Waals surface area contributed by atoms with Crippen LogP contribution in [0.2, 0.25) is 0 Å². The molecule has 1 unspecified atom stereocenters. The van der Waals surface area contributed by atoms with E-state index in [9.17, 15) is 9.18 Å². The standard InChI is InChI=1S/C27H27F2NO2/c1-27(29,15-19-12-23(26(31)32)14-24(28)13-19)16-20-17-30(18-20)25(21-8-4-2-5-9-21)22-10-6-3-7-11-22/h2-14,20,25H,15-18H2,1H3,(H,31,32). The van der Waals surface area contributed by atoms with Gasteiger partial charge in [0.15, 0.2) is 0 Å². The Kier molecular flexibility index (Phi) is 6.38. The fraction of sp³-hybridized carbons (Fsp3) is 0.296. The zero-order valence-corrected chi connectivity index (χ0v) is 18.0.